The number of para-hydroxylation sites is 1. The van der Waals surface area contributed by atoms with Crippen LogP contribution in [-0.4, -0.2) is 58.1 Å². The Morgan fingerprint density at radius 1 is 1.31 bits per heavy atom. The van der Waals surface area contributed by atoms with Crippen molar-refractivity contribution in [3.63, 3.8) is 0 Å². The van der Waals surface area contributed by atoms with Crippen LogP contribution < -0.4 is 15.4 Å². The van der Waals surface area contributed by atoms with Gasteiger partial charge in [-0.25, -0.2) is 4.99 Å². The summed E-state index contributed by atoms with van der Waals surface area (Å²) < 4.78 is 17.1. The lowest BCUT2D eigenvalue weighted by Crippen LogP contribution is -2.39. The van der Waals surface area contributed by atoms with Crippen molar-refractivity contribution in [3.05, 3.63) is 29.3 Å². The first kappa shape index (κ1) is 26.3. The third-order valence-corrected chi connectivity index (χ3v) is 4.83. The van der Waals surface area contributed by atoms with Crippen LogP contribution >= 0.6 is 35.6 Å². The Labute approximate surface area is 197 Å². The van der Waals surface area contributed by atoms with Gasteiger partial charge in [-0.2, -0.15) is 0 Å². The van der Waals surface area contributed by atoms with Gasteiger partial charge >= 0.3 is 0 Å². The molecule has 1 aliphatic heterocycles. The second-order valence-electron chi connectivity index (χ2n) is 6.88. The number of benzene rings is 1. The van der Waals surface area contributed by atoms with Crippen molar-refractivity contribution in [2.45, 2.75) is 39.2 Å². The van der Waals surface area contributed by atoms with Crippen molar-refractivity contribution in [1.82, 2.24) is 10.6 Å². The van der Waals surface area contributed by atoms with Gasteiger partial charge in [0.2, 0.25) is 0 Å². The van der Waals surface area contributed by atoms with Crippen LogP contribution in [0.1, 0.15) is 33.1 Å². The fraction of sp³-hybridized carbons (Fsp3) is 0.667. The van der Waals surface area contributed by atoms with Gasteiger partial charge in [-0.3, -0.25) is 0 Å². The van der Waals surface area contributed by atoms with Gasteiger partial charge in [0.25, 0.3) is 0 Å². The maximum absolute atomic E-state index is 6.19. The highest BCUT2D eigenvalue weighted by atomic mass is 127. The Bertz CT molecular complexity index is 586. The molecule has 2 N–H and O–H groups in total. The molecule has 0 spiro atoms. The number of rotatable bonds is 12. The zero-order chi connectivity index (χ0) is 20.0. The van der Waals surface area contributed by atoms with Crippen LogP contribution in [0.15, 0.2) is 29.3 Å². The number of hydrogen-bond donors (Lipinski definition) is 2. The van der Waals surface area contributed by atoms with Gasteiger partial charge < -0.3 is 24.8 Å². The van der Waals surface area contributed by atoms with Crippen molar-refractivity contribution in [2.24, 2.45) is 10.9 Å². The molecule has 0 radical (unpaired) electrons. The molecule has 8 heteroatoms. The van der Waals surface area contributed by atoms with Crippen molar-refractivity contribution >= 4 is 41.5 Å². The summed E-state index contributed by atoms with van der Waals surface area (Å²) in [5, 5.41) is 7.25. The van der Waals surface area contributed by atoms with Gasteiger partial charge in [-0.05, 0) is 38.3 Å². The van der Waals surface area contributed by atoms with Gasteiger partial charge in [0, 0.05) is 32.2 Å². The Morgan fingerprint density at radius 2 is 2.14 bits per heavy atom. The zero-order valence-electron chi connectivity index (χ0n) is 17.5. The molecule has 1 fully saturated rings. The van der Waals surface area contributed by atoms with E-state index in [9.17, 15) is 0 Å². The van der Waals surface area contributed by atoms with Crippen molar-refractivity contribution < 1.29 is 14.2 Å². The minimum absolute atomic E-state index is 0. The number of aliphatic imine (C=N–C) groups is 1. The normalized spacial score (nSPS) is 17.5. The van der Waals surface area contributed by atoms with Crippen LogP contribution in [0, 0.1) is 5.92 Å². The van der Waals surface area contributed by atoms with Gasteiger partial charge in [0.15, 0.2) is 5.96 Å². The molecule has 1 aliphatic rings. The average molecular weight is 540 g/mol. The summed E-state index contributed by atoms with van der Waals surface area (Å²) in [5.74, 6) is 2.07. The van der Waals surface area contributed by atoms with Crippen LogP contribution in [0.25, 0.3) is 0 Å². The first-order chi connectivity index (χ1) is 13.7. The Kier molecular flexibility index (Phi) is 14.5. The SMILES string of the molecule is CCNC(=NCC(CC)Oc1ccccc1Cl)NCCCOCC1CCOC1.I. The van der Waals surface area contributed by atoms with E-state index in [1.165, 1.54) is 0 Å². The minimum Gasteiger partial charge on any atom is -0.487 e. The van der Waals surface area contributed by atoms with E-state index in [0.29, 0.717) is 23.2 Å². The van der Waals surface area contributed by atoms with E-state index in [0.717, 1.165) is 64.7 Å². The first-order valence-corrected chi connectivity index (χ1v) is 10.7. The van der Waals surface area contributed by atoms with E-state index in [4.69, 9.17) is 25.8 Å². The zero-order valence-corrected chi connectivity index (χ0v) is 20.6. The molecular formula is C21H35ClIN3O3. The standard InChI is InChI=1S/C21H34ClN3O3.HI/c1-3-18(28-20-9-6-5-8-19(20)22)14-25-21(23-4-2)24-11-7-12-26-15-17-10-13-27-16-17;/h5-6,8-9,17-18H,3-4,7,10-16H2,1-2H3,(H2,23,24,25);1H. The summed E-state index contributed by atoms with van der Waals surface area (Å²) in [5.41, 5.74) is 0. The molecule has 1 aromatic carbocycles. The molecule has 0 amide bonds. The maximum Gasteiger partial charge on any atom is 0.191 e. The highest BCUT2D eigenvalue weighted by Crippen LogP contribution is 2.24. The summed E-state index contributed by atoms with van der Waals surface area (Å²) in [6.07, 6.45) is 2.88. The van der Waals surface area contributed by atoms with E-state index in [2.05, 4.69) is 29.5 Å². The van der Waals surface area contributed by atoms with E-state index in [-0.39, 0.29) is 30.1 Å². The smallest absolute Gasteiger partial charge is 0.191 e. The van der Waals surface area contributed by atoms with Crippen LogP contribution in [-0.2, 0) is 9.47 Å². The third-order valence-electron chi connectivity index (χ3n) is 4.52. The van der Waals surface area contributed by atoms with Crippen LogP contribution in [0.5, 0.6) is 5.75 Å². The average Bonchev–Trinajstić information content (AvgIpc) is 3.22. The van der Waals surface area contributed by atoms with Gasteiger partial charge in [-0.15, -0.1) is 24.0 Å². The highest BCUT2D eigenvalue weighted by Gasteiger charge is 2.15. The van der Waals surface area contributed by atoms with E-state index in [1.807, 2.05) is 24.3 Å². The molecule has 1 aromatic rings. The summed E-state index contributed by atoms with van der Waals surface area (Å²) in [7, 11) is 0. The van der Waals surface area contributed by atoms with Crippen molar-refractivity contribution in [2.75, 3.05) is 46.1 Å². The largest absolute Gasteiger partial charge is 0.487 e. The fourth-order valence-corrected chi connectivity index (χ4v) is 3.03. The Morgan fingerprint density at radius 3 is 2.83 bits per heavy atom. The molecular weight excluding hydrogens is 505 g/mol. The predicted octanol–water partition coefficient (Wildman–Crippen LogP) is 4.11. The number of ether oxygens (including phenoxy) is 3. The third kappa shape index (κ3) is 10.7. The molecule has 1 saturated heterocycles. The predicted molar refractivity (Wildman–Crippen MR) is 130 cm³/mol. The minimum atomic E-state index is -0.0210. The quantitative estimate of drug-likeness (QED) is 0.181. The first-order valence-electron chi connectivity index (χ1n) is 10.3. The number of nitrogens with zero attached hydrogens (tertiary/aromatic N) is 1. The van der Waals surface area contributed by atoms with E-state index in [1.54, 1.807) is 0 Å². The second kappa shape index (κ2) is 16.0. The van der Waals surface area contributed by atoms with Crippen LogP contribution in [0.4, 0.5) is 0 Å². The summed E-state index contributed by atoms with van der Waals surface area (Å²) >= 11 is 6.19. The monoisotopic (exact) mass is 539 g/mol. The summed E-state index contributed by atoms with van der Waals surface area (Å²) in [4.78, 5) is 4.66. The molecule has 166 valence electrons. The molecule has 0 saturated carbocycles. The lowest BCUT2D eigenvalue weighted by molar-refractivity contribution is 0.0888. The maximum atomic E-state index is 6.19. The molecule has 0 aliphatic carbocycles. The van der Waals surface area contributed by atoms with Crippen LogP contribution in [0.2, 0.25) is 5.02 Å². The van der Waals surface area contributed by atoms with Crippen molar-refractivity contribution in [1.29, 1.82) is 0 Å². The lowest BCUT2D eigenvalue weighted by atomic mass is 10.1. The fourth-order valence-electron chi connectivity index (χ4n) is 2.85. The molecule has 0 aromatic heterocycles. The summed E-state index contributed by atoms with van der Waals surface area (Å²) in [6.45, 7) is 9.59. The molecule has 1 heterocycles. The highest BCUT2D eigenvalue weighted by molar-refractivity contribution is 14.0. The van der Waals surface area contributed by atoms with Gasteiger partial charge in [0.1, 0.15) is 11.9 Å². The van der Waals surface area contributed by atoms with Gasteiger partial charge in [0.05, 0.1) is 24.8 Å². The lowest BCUT2D eigenvalue weighted by Gasteiger charge is -2.18. The Hall–Kier alpha value is -0.770. The number of nitrogens with one attached hydrogen (secondary N) is 2. The topological polar surface area (TPSA) is 64.1 Å². The second-order valence-corrected chi connectivity index (χ2v) is 7.29. The molecule has 2 atom stereocenters. The van der Waals surface area contributed by atoms with Gasteiger partial charge in [-0.1, -0.05) is 30.7 Å². The molecule has 6 nitrogen and oxygen atoms in total. The van der Waals surface area contributed by atoms with E-state index >= 15 is 0 Å². The van der Waals surface area contributed by atoms with E-state index < -0.39 is 0 Å². The van der Waals surface area contributed by atoms with Crippen molar-refractivity contribution in [3.8, 4) is 5.75 Å². The molecule has 2 unspecified atom stereocenters. The molecule has 29 heavy (non-hydrogen) atoms. The number of hydrogen-bond acceptors (Lipinski definition) is 4. The number of guanidine groups is 1. The van der Waals surface area contributed by atoms with Crippen LogP contribution in [0.3, 0.4) is 0 Å². The molecule has 0 bridgehead atoms. The number of halogens is 2. The Balaban J connectivity index is 0.00000420. The summed E-state index contributed by atoms with van der Waals surface area (Å²) in [6, 6.07) is 7.54. The molecule has 2 rings (SSSR count).